The van der Waals surface area contributed by atoms with Crippen LogP contribution in [0.3, 0.4) is 0 Å². The molecule has 0 saturated carbocycles. The Morgan fingerprint density at radius 2 is 1.78 bits per heavy atom. The molecule has 0 amide bonds. The topological polar surface area (TPSA) is 92.2 Å². The molecule has 1 fully saturated rings. The van der Waals surface area contributed by atoms with Crippen LogP contribution >= 0.6 is 12.2 Å². The molecular weight excluding hydrogens is 492 g/mol. The number of benzene rings is 1. The predicted molar refractivity (Wildman–Crippen MR) is 146 cm³/mol. The summed E-state index contributed by atoms with van der Waals surface area (Å²) in [6.45, 7) is 4.18. The van der Waals surface area contributed by atoms with E-state index in [9.17, 15) is 8.42 Å². The van der Waals surface area contributed by atoms with E-state index in [2.05, 4.69) is 49.4 Å². The summed E-state index contributed by atoms with van der Waals surface area (Å²) in [6.07, 6.45) is 6.53. The van der Waals surface area contributed by atoms with Crippen molar-refractivity contribution in [1.82, 2.24) is 19.9 Å². The van der Waals surface area contributed by atoms with Gasteiger partial charge in [-0.05, 0) is 86.2 Å². The van der Waals surface area contributed by atoms with Crippen molar-refractivity contribution in [2.45, 2.75) is 25.9 Å². The van der Waals surface area contributed by atoms with Crippen molar-refractivity contribution in [3.8, 4) is 5.69 Å². The number of pyridine rings is 2. The summed E-state index contributed by atoms with van der Waals surface area (Å²) in [7, 11) is -3.37. The van der Waals surface area contributed by atoms with Crippen LogP contribution in [0.4, 0.5) is 11.4 Å². The Hall–Kier alpha value is -3.76. The van der Waals surface area contributed by atoms with Gasteiger partial charge in [-0.25, -0.2) is 8.42 Å². The molecule has 184 valence electrons. The normalized spacial score (nSPS) is 17.8. The molecule has 0 unspecified atom stereocenters. The van der Waals surface area contributed by atoms with Crippen molar-refractivity contribution in [3.63, 3.8) is 0 Å². The van der Waals surface area contributed by atoms with E-state index in [1.165, 1.54) is 0 Å². The number of hydrogen-bond acceptors (Lipinski definition) is 5. The van der Waals surface area contributed by atoms with Crippen LogP contribution in [0.15, 0.2) is 79.3 Å². The number of aryl methyl sites for hydroxylation is 1. The van der Waals surface area contributed by atoms with Gasteiger partial charge in [0.15, 0.2) is 5.11 Å². The first-order valence-electron chi connectivity index (χ1n) is 11.4. The van der Waals surface area contributed by atoms with E-state index in [1.807, 2.05) is 48.7 Å². The molecule has 36 heavy (non-hydrogen) atoms. The Labute approximate surface area is 216 Å². The van der Waals surface area contributed by atoms with Gasteiger partial charge in [0.05, 0.1) is 35.9 Å². The van der Waals surface area contributed by atoms with Crippen LogP contribution in [0, 0.1) is 13.8 Å². The van der Waals surface area contributed by atoms with Crippen molar-refractivity contribution in [1.29, 1.82) is 0 Å². The molecule has 1 aliphatic heterocycles. The fourth-order valence-corrected chi connectivity index (χ4v) is 5.73. The third-order valence-electron chi connectivity index (χ3n) is 6.24. The lowest BCUT2D eigenvalue weighted by Gasteiger charge is -2.28. The van der Waals surface area contributed by atoms with Gasteiger partial charge < -0.3 is 14.8 Å². The molecule has 0 aliphatic carbocycles. The quantitative estimate of drug-likeness (QED) is 0.365. The fourth-order valence-electron chi connectivity index (χ4n) is 4.82. The predicted octanol–water partition coefficient (Wildman–Crippen LogP) is 4.43. The lowest BCUT2D eigenvalue weighted by molar-refractivity contribution is 0.565. The van der Waals surface area contributed by atoms with Gasteiger partial charge in [0.1, 0.15) is 0 Å². The molecule has 3 aromatic heterocycles. The first-order chi connectivity index (χ1) is 17.2. The summed E-state index contributed by atoms with van der Waals surface area (Å²) in [5.41, 5.74) is 6.49. The number of thiocarbonyl (C=S) groups is 1. The highest BCUT2D eigenvalue weighted by Gasteiger charge is 2.42. The second-order valence-electron chi connectivity index (χ2n) is 8.79. The molecule has 10 heteroatoms. The summed E-state index contributed by atoms with van der Waals surface area (Å²) >= 11 is 5.83. The second-order valence-corrected chi connectivity index (χ2v) is 10.9. The molecule has 0 radical (unpaired) electrons. The Bertz CT molecular complexity index is 1500. The highest BCUT2D eigenvalue weighted by atomic mass is 32.2. The average molecular weight is 519 g/mol. The lowest BCUT2D eigenvalue weighted by atomic mass is 9.96. The van der Waals surface area contributed by atoms with E-state index in [0.717, 1.165) is 40.3 Å². The van der Waals surface area contributed by atoms with Crippen molar-refractivity contribution in [2.75, 3.05) is 15.9 Å². The fraction of sp³-hybridized carbons (Fsp3) is 0.192. The van der Waals surface area contributed by atoms with Gasteiger partial charge in [-0.1, -0.05) is 6.07 Å². The molecule has 2 atom stereocenters. The minimum atomic E-state index is -3.37. The largest absolute Gasteiger partial charge is 0.351 e. The van der Waals surface area contributed by atoms with Crippen molar-refractivity contribution in [3.05, 3.63) is 102 Å². The van der Waals surface area contributed by atoms with E-state index in [0.29, 0.717) is 10.8 Å². The Morgan fingerprint density at radius 1 is 1.00 bits per heavy atom. The van der Waals surface area contributed by atoms with Crippen LogP contribution in [0.5, 0.6) is 0 Å². The van der Waals surface area contributed by atoms with E-state index >= 15 is 0 Å². The maximum absolute atomic E-state index is 11.7. The molecule has 0 spiro atoms. The third-order valence-corrected chi connectivity index (χ3v) is 7.16. The number of sulfonamides is 1. The SMILES string of the molecule is Cc1cc([C@@H]2[C@H](c3ccccn3)NC(=S)N2c2ccc(NS(C)(=O)=O)cc2)c(C)n1-c1cccnc1. The molecule has 4 aromatic rings. The van der Waals surface area contributed by atoms with Gasteiger partial charge in [-0.3, -0.25) is 14.7 Å². The van der Waals surface area contributed by atoms with Crippen molar-refractivity contribution < 1.29 is 8.42 Å². The van der Waals surface area contributed by atoms with Gasteiger partial charge >= 0.3 is 0 Å². The first-order valence-corrected chi connectivity index (χ1v) is 13.7. The van der Waals surface area contributed by atoms with Crippen LogP contribution in [-0.4, -0.2) is 34.3 Å². The summed E-state index contributed by atoms with van der Waals surface area (Å²) in [5.74, 6) is 0. The second kappa shape index (κ2) is 9.36. The summed E-state index contributed by atoms with van der Waals surface area (Å²) in [6, 6.07) is 18.9. The lowest BCUT2D eigenvalue weighted by Crippen LogP contribution is -2.29. The zero-order chi connectivity index (χ0) is 25.4. The number of hydrogen-bond donors (Lipinski definition) is 2. The van der Waals surface area contributed by atoms with Crippen LogP contribution in [0.2, 0.25) is 0 Å². The highest BCUT2D eigenvalue weighted by molar-refractivity contribution is 7.92. The van der Waals surface area contributed by atoms with Gasteiger partial charge in [0.2, 0.25) is 10.0 Å². The third kappa shape index (κ3) is 4.57. The minimum Gasteiger partial charge on any atom is -0.351 e. The first kappa shape index (κ1) is 24.0. The van der Waals surface area contributed by atoms with Crippen LogP contribution in [0.25, 0.3) is 5.69 Å². The van der Waals surface area contributed by atoms with Gasteiger partial charge in [0.25, 0.3) is 0 Å². The monoisotopic (exact) mass is 518 g/mol. The maximum atomic E-state index is 11.7. The van der Waals surface area contributed by atoms with Gasteiger partial charge in [0, 0.05) is 35.2 Å². The molecule has 1 saturated heterocycles. The van der Waals surface area contributed by atoms with Crippen molar-refractivity contribution in [2.24, 2.45) is 0 Å². The highest BCUT2D eigenvalue weighted by Crippen LogP contribution is 2.43. The number of nitrogens with zero attached hydrogens (tertiary/aromatic N) is 4. The van der Waals surface area contributed by atoms with E-state index < -0.39 is 10.0 Å². The zero-order valence-corrected chi connectivity index (χ0v) is 21.7. The standard InChI is InChI=1S/C26H26N6O2S2/c1-17-15-22(18(2)31(17)21-7-6-13-27-16-21)25-24(23-8-4-5-14-28-23)29-26(35)32(25)20-11-9-19(10-12-20)30-36(3,33)34/h4-16,24-25,30H,1-3H3,(H,29,35)/t24-,25+/m0/s1. The number of anilines is 2. The van der Waals surface area contributed by atoms with E-state index in [-0.39, 0.29) is 12.1 Å². The molecule has 0 bridgehead atoms. The van der Waals surface area contributed by atoms with Crippen LogP contribution < -0.4 is 14.9 Å². The number of aromatic nitrogens is 3. The average Bonchev–Trinajstić information content (AvgIpc) is 3.35. The number of rotatable bonds is 6. The minimum absolute atomic E-state index is 0.183. The van der Waals surface area contributed by atoms with Crippen molar-refractivity contribution >= 4 is 38.7 Å². The molecule has 8 nitrogen and oxygen atoms in total. The van der Waals surface area contributed by atoms with Crippen LogP contribution in [0.1, 0.15) is 34.7 Å². The molecule has 1 aromatic carbocycles. The zero-order valence-electron chi connectivity index (χ0n) is 20.1. The Kier molecular flexibility index (Phi) is 6.23. The summed E-state index contributed by atoms with van der Waals surface area (Å²) in [4.78, 5) is 11.0. The molecule has 2 N–H and O–H groups in total. The van der Waals surface area contributed by atoms with E-state index in [4.69, 9.17) is 12.2 Å². The molecule has 4 heterocycles. The summed E-state index contributed by atoms with van der Waals surface area (Å²) < 4.78 is 28.0. The van der Waals surface area contributed by atoms with Gasteiger partial charge in [-0.2, -0.15) is 0 Å². The molecule has 1 aliphatic rings. The van der Waals surface area contributed by atoms with Gasteiger partial charge in [-0.15, -0.1) is 0 Å². The molecular formula is C26H26N6O2S2. The van der Waals surface area contributed by atoms with Crippen LogP contribution in [-0.2, 0) is 10.0 Å². The van der Waals surface area contributed by atoms with E-state index in [1.54, 1.807) is 24.5 Å². The Balaban J connectivity index is 1.62. The smallest absolute Gasteiger partial charge is 0.229 e. The maximum Gasteiger partial charge on any atom is 0.229 e. The Morgan fingerprint density at radius 3 is 2.42 bits per heavy atom. The molecule has 5 rings (SSSR count). The number of nitrogens with one attached hydrogen (secondary N) is 2. The summed E-state index contributed by atoms with van der Waals surface area (Å²) in [5, 5.41) is 4.05.